The summed E-state index contributed by atoms with van der Waals surface area (Å²) in [5, 5.41) is 0. The third kappa shape index (κ3) is 2.80. The SMILES string of the molecule is NCc1cccc(OCCn2c(=O)oc3cccnc32)c1. The van der Waals surface area contributed by atoms with Gasteiger partial charge in [-0.1, -0.05) is 12.1 Å². The van der Waals surface area contributed by atoms with E-state index in [1.54, 1.807) is 18.3 Å². The number of nitrogens with two attached hydrogens (primary N) is 1. The van der Waals surface area contributed by atoms with Crippen LogP contribution < -0.4 is 16.2 Å². The van der Waals surface area contributed by atoms with Gasteiger partial charge in [0, 0.05) is 12.7 Å². The van der Waals surface area contributed by atoms with Gasteiger partial charge in [-0.15, -0.1) is 0 Å². The first kappa shape index (κ1) is 13.4. The summed E-state index contributed by atoms with van der Waals surface area (Å²) in [5.74, 6) is 0.301. The van der Waals surface area contributed by atoms with Gasteiger partial charge in [-0.2, -0.15) is 0 Å². The van der Waals surface area contributed by atoms with E-state index >= 15 is 0 Å². The molecule has 0 unspecified atom stereocenters. The van der Waals surface area contributed by atoms with E-state index in [9.17, 15) is 4.79 Å². The van der Waals surface area contributed by atoms with Crippen molar-refractivity contribution in [3.05, 3.63) is 58.7 Å². The maximum absolute atomic E-state index is 11.8. The zero-order chi connectivity index (χ0) is 14.7. The second-order valence-corrected chi connectivity index (χ2v) is 4.54. The zero-order valence-electron chi connectivity index (χ0n) is 11.4. The van der Waals surface area contributed by atoms with Crippen LogP contribution in [0, 0.1) is 0 Å². The molecule has 0 bridgehead atoms. The zero-order valence-corrected chi connectivity index (χ0v) is 11.4. The van der Waals surface area contributed by atoms with E-state index in [2.05, 4.69) is 4.98 Å². The molecule has 0 fully saturated rings. The molecule has 3 rings (SSSR count). The van der Waals surface area contributed by atoms with Gasteiger partial charge in [0.1, 0.15) is 12.4 Å². The van der Waals surface area contributed by atoms with Gasteiger partial charge < -0.3 is 14.9 Å². The molecular weight excluding hydrogens is 270 g/mol. The topological polar surface area (TPSA) is 83.3 Å². The average Bonchev–Trinajstić information content (AvgIpc) is 2.83. The van der Waals surface area contributed by atoms with E-state index in [-0.39, 0.29) is 0 Å². The largest absolute Gasteiger partial charge is 0.492 e. The molecule has 0 aliphatic rings. The Morgan fingerprint density at radius 2 is 2.19 bits per heavy atom. The van der Waals surface area contributed by atoms with Gasteiger partial charge in [-0.05, 0) is 29.8 Å². The highest BCUT2D eigenvalue weighted by Gasteiger charge is 2.09. The van der Waals surface area contributed by atoms with Crippen molar-refractivity contribution in [3.63, 3.8) is 0 Å². The number of oxazole rings is 1. The van der Waals surface area contributed by atoms with Crippen molar-refractivity contribution in [1.29, 1.82) is 0 Å². The number of ether oxygens (including phenoxy) is 1. The first-order chi connectivity index (χ1) is 10.3. The van der Waals surface area contributed by atoms with E-state index in [0.717, 1.165) is 11.3 Å². The molecule has 108 valence electrons. The van der Waals surface area contributed by atoms with E-state index in [1.165, 1.54) is 4.57 Å². The van der Waals surface area contributed by atoms with E-state index in [0.29, 0.717) is 30.9 Å². The predicted molar refractivity (Wildman–Crippen MR) is 78.1 cm³/mol. The maximum atomic E-state index is 11.8. The van der Waals surface area contributed by atoms with Crippen LogP contribution in [0.3, 0.4) is 0 Å². The first-order valence-electron chi connectivity index (χ1n) is 6.64. The number of aromatic nitrogens is 2. The van der Waals surface area contributed by atoms with Crippen LogP contribution in [0.4, 0.5) is 0 Å². The Bertz CT molecular complexity index is 807. The van der Waals surface area contributed by atoms with Crippen molar-refractivity contribution in [2.75, 3.05) is 6.61 Å². The summed E-state index contributed by atoms with van der Waals surface area (Å²) >= 11 is 0. The minimum atomic E-state index is -0.428. The summed E-state index contributed by atoms with van der Waals surface area (Å²) in [5.41, 5.74) is 7.59. The van der Waals surface area contributed by atoms with Crippen LogP contribution in [-0.4, -0.2) is 16.2 Å². The number of fused-ring (bicyclic) bond motifs is 1. The molecule has 6 nitrogen and oxygen atoms in total. The molecule has 0 saturated carbocycles. The number of hydrogen-bond donors (Lipinski definition) is 1. The average molecular weight is 285 g/mol. The lowest BCUT2D eigenvalue weighted by atomic mass is 10.2. The highest BCUT2D eigenvalue weighted by atomic mass is 16.5. The summed E-state index contributed by atoms with van der Waals surface area (Å²) in [6.45, 7) is 1.18. The minimum Gasteiger partial charge on any atom is -0.492 e. The monoisotopic (exact) mass is 285 g/mol. The molecule has 1 aromatic carbocycles. The highest BCUT2D eigenvalue weighted by molar-refractivity contribution is 5.67. The van der Waals surface area contributed by atoms with Crippen LogP contribution in [-0.2, 0) is 13.1 Å². The lowest BCUT2D eigenvalue weighted by molar-refractivity contribution is 0.293. The molecule has 2 aromatic heterocycles. The summed E-state index contributed by atoms with van der Waals surface area (Å²) in [4.78, 5) is 15.9. The van der Waals surface area contributed by atoms with E-state index in [4.69, 9.17) is 14.9 Å². The lowest BCUT2D eigenvalue weighted by Crippen LogP contribution is -2.19. The molecule has 0 amide bonds. The lowest BCUT2D eigenvalue weighted by Gasteiger charge is -2.07. The number of hydrogen-bond acceptors (Lipinski definition) is 5. The fraction of sp³-hybridized carbons (Fsp3) is 0.200. The smallest absolute Gasteiger partial charge is 0.421 e. The summed E-state index contributed by atoms with van der Waals surface area (Å²) < 4.78 is 12.2. The normalized spacial score (nSPS) is 10.9. The standard InChI is InChI=1S/C15H15N3O3/c16-10-11-3-1-4-12(9-11)20-8-7-18-14-13(21-15(18)19)5-2-6-17-14/h1-6,9H,7-8,10,16H2. The Morgan fingerprint density at radius 1 is 1.29 bits per heavy atom. The van der Waals surface area contributed by atoms with Crippen LogP contribution in [0.15, 0.2) is 51.8 Å². The highest BCUT2D eigenvalue weighted by Crippen LogP contribution is 2.13. The van der Waals surface area contributed by atoms with Crippen LogP contribution in [0.25, 0.3) is 11.2 Å². The summed E-state index contributed by atoms with van der Waals surface area (Å²) in [6, 6.07) is 11.0. The molecule has 6 heteroatoms. The second kappa shape index (κ2) is 5.80. The molecule has 0 atom stereocenters. The molecule has 0 aliphatic carbocycles. The third-order valence-corrected chi connectivity index (χ3v) is 3.14. The van der Waals surface area contributed by atoms with Gasteiger partial charge in [0.15, 0.2) is 11.2 Å². The number of rotatable bonds is 5. The molecule has 3 aromatic rings. The quantitative estimate of drug-likeness (QED) is 0.768. The Labute approximate surface area is 120 Å². The van der Waals surface area contributed by atoms with Crippen LogP contribution in [0.1, 0.15) is 5.56 Å². The molecule has 0 radical (unpaired) electrons. The molecule has 2 heterocycles. The first-order valence-corrected chi connectivity index (χ1v) is 6.64. The second-order valence-electron chi connectivity index (χ2n) is 4.54. The fourth-order valence-electron chi connectivity index (χ4n) is 2.11. The van der Waals surface area contributed by atoms with Gasteiger partial charge in [0.05, 0.1) is 6.54 Å². The predicted octanol–water partition coefficient (Wildman–Crippen LogP) is 1.53. The van der Waals surface area contributed by atoms with Gasteiger partial charge in [0.2, 0.25) is 0 Å². The number of pyridine rings is 1. The molecule has 2 N–H and O–H groups in total. The Hall–Kier alpha value is -2.60. The summed E-state index contributed by atoms with van der Waals surface area (Å²) in [7, 11) is 0. The van der Waals surface area contributed by atoms with Gasteiger partial charge >= 0.3 is 5.76 Å². The Morgan fingerprint density at radius 3 is 3.05 bits per heavy atom. The van der Waals surface area contributed by atoms with Gasteiger partial charge in [-0.3, -0.25) is 4.57 Å². The Balaban J connectivity index is 1.72. The van der Waals surface area contributed by atoms with Gasteiger partial charge in [0.25, 0.3) is 0 Å². The fourth-order valence-corrected chi connectivity index (χ4v) is 2.11. The maximum Gasteiger partial charge on any atom is 0.421 e. The molecule has 0 aliphatic heterocycles. The minimum absolute atomic E-state index is 0.346. The Kier molecular flexibility index (Phi) is 3.70. The van der Waals surface area contributed by atoms with Crippen molar-refractivity contribution < 1.29 is 9.15 Å². The van der Waals surface area contributed by atoms with Crippen LogP contribution >= 0.6 is 0 Å². The van der Waals surface area contributed by atoms with Crippen LogP contribution in [0.5, 0.6) is 5.75 Å². The van der Waals surface area contributed by atoms with Crippen molar-refractivity contribution in [2.24, 2.45) is 5.73 Å². The molecule has 0 spiro atoms. The van der Waals surface area contributed by atoms with E-state index in [1.807, 2.05) is 24.3 Å². The van der Waals surface area contributed by atoms with Crippen molar-refractivity contribution in [1.82, 2.24) is 9.55 Å². The van der Waals surface area contributed by atoms with Crippen molar-refractivity contribution in [2.45, 2.75) is 13.1 Å². The molecule has 0 saturated heterocycles. The van der Waals surface area contributed by atoms with Gasteiger partial charge in [-0.25, -0.2) is 9.78 Å². The molecule has 21 heavy (non-hydrogen) atoms. The van der Waals surface area contributed by atoms with Crippen molar-refractivity contribution >= 4 is 11.2 Å². The molecular formula is C15H15N3O3. The number of benzene rings is 1. The van der Waals surface area contributed by atoms with E-state index < -0.39 is 5.76 Å². The van der Waals surface area contributed by atoms with Crippen LogP contribution in [0.2, 0.25) is 0 Å². The van der Waals surface area contributed by atoms with Crippen molar-refractivity contribution in [3.8, 4) is 5.75 Å². The third-order valence-electron chi connectivity index (χ3n) is 3.14. The summed E-state index contributed by atoms with van der Waals surface area (Å²) in [6.07, 6.45) is 1.62. The number of nitrogens with zero attached hydrogens (tertiary/aromatic N) is 2.